The molecule has 1 aliphatic rings. The summed E-state index contributed by atoms with van der Waals surface area (Å²) < 4.78 is 9.50. The summed E-state index contributed by atoms with van der Waals surface area (Å²) in [5.41, 5.74) is 2.23. The number of nitrogens with one attached hydrogen (secondary N) is 1. The molecule has 0 bridgehead atoms. The Morgan fingerprint density at radius 1 is 1.27 bits per heavy atom. The van der Waals surface area contributed by atoms with Crippen molar-refractivity contribution in [3.05, 3.63) is 48.4 Å². The zero-order valence-electron chi connectivity index (χ0n) is 12.0. The van der Waals surface area contributed by atoms with Gasteiger partial charge in [0.1, 0.15) is 17.6 Å². The fourth-order valence-corrected chi connectivity index (χ4v) is 2.97. The first-order valence-corrected chi connectivity index (χ1v) is 7.16. The number of carbonyl (C=O) groups is 1. The van der Waals surface area contributed by atoms with Crippen molar-refractivity contribution in [2.45, 2.75) is 19.5 Å². The number of imidazole rings is 1. The van der Waals surface area contributed by atoms with Crippen LogP contribution in [0.25, 0.3) is 11.0 Å². The summed E-state index contributed by atoms with van der Waals surface area (Å²) in [4.78, 5) is 12.4. The van der Waals surface area contributed by atoms with Gasteiger partial charge in [-0.15, -0.1) is 0 Å². The van der Waals surface area contributed by atoms with E-state index in [-0.39, 0.29) is 24.7 Å². The summed E-state index contributed by atoms with van der Waals surface area (Å²) in [5, 5.41) is 3.41. The van der Waals surface area contributed by atoms with Gasteiger partial charge in [-0.1, -0.05) is 12.1 Å². The molecule has 0 saturated carbocycles. The van der Waals surface area contributed by atoms with Gasteiger partial charge in [0, 0.05) is 6.42 Å². The maximum atomic E-state index is 12.4. The van der Waals surface area contributed by atoms with Gasteiger partial charge >= 0.3 is 5.95 Å². The average Bonchev–Trinajstić information content (AvgIpc) is 3.15. The lowest BCUT2D eigenvalue weighted by Gasteiger charge is -2.11. The molecule has 0 unspecified atom stereocenters. The Kier molecular flexibility index (Phi) is 3.90. The molecular weight excluding hydrogens is 302 g/mol. The highest BCUT2D eigenvalue weighted by molar-refractivity contribution is 5.94. The van der Waals surface area contributed by atoms with Crippen LogP contribution in [-0.4, -0.2) is 16.9 Å². The van der Waals surface area contributed by atoms with Crippen LogP contribution in [0, 0.1) is 0 Å². The van der Waals surface area contributed by atoms with Crippen LogP contribution >= 0.6 is 0 Å². The highest BCUT2D eigenvalue weighted by Gasteiger charge is 2.27. The van der Waals surface area contributed by atoms with Gasteiger partial charge in [0.05, 0.1) is 19.4 Å². The molecule has 0 spiro atoms. The number of aromatic nitrogens is 2. The normalized spacial score (nSPS) is 13.3. The molecule has 4 rings (SSSR count). The second-order valence-electron chi connectivity index (χ2n) is 5.23. The fourth-order valence-electron chi connectivity index (χ4n) is 2.97. The molecule has 114 valence electrons. The first-order chi connectivity index (χ1) is 10.3. The molecule has 5 nitrogen and oxygen atoms in total. The number of hydrogen-bond acceptors (Lipinski definition) is 3. The second-order valence-corrected chi connectivity index (χ2v) is 5.23. The first-order valence-electron chi connectivity index (χ1n) is 7.16. The molecular formula is C16H16ClN3O2. The number of furan rings is 1. The number of fused-ring (bicyclic) bond motifs is 3. The Bertz CT molecular complexity index is 808. The van der Waals surface area contributed by atoms with Crippen LogP contribution in [0.3, 0.4) is 0 Å². The standard InChI is InChI=1S/C16H15N3O2.ClH/c20-14(15-7-3-10-21-15)11-19-13-6-2-1-5-12(13)18-9-4-8-17-16(18)19;/h1-3,5-7,10H,4,8-9,11H2;1H. The number of hydrogen-bond donors (Lipinski definition) is 1. The molecule has 0 fully saturated rings. The van der Waals surface area contributed by atoms with Crippen molar-refractivity contribution in [2.24, 2.45) is 0 Å². The molecule has 0 saturated heterocycles. The summed E-state index contributed by atoms with van der Waals surface area (Å²) >= 11 is 0. The van der Waals surface area contributed by atoms with Gasteiger partial charge < -0.3 is 16.8 Å². The number of para-hydroxylation sites is 2. The second kappa shape index (κ2) is 5.85. The Balaban J connectivity index is 0.00000144. The first kappa shape index (κ1) is 14.7. The summed E-state index contributed by atoms with van der Waals surface area (Å²) in [5.74, 6) is 1.39. The number of rotatable bonds is 3. The van der Waals surface area contributed by atoms with Crippen LogP contribution in [0.1, 0.15) is 17.0 Å². The number of carbonyl (C=O) groups excluding carboxylic acids is 1. The van der Waals surface area contributed by atoms with E-state index in [2.05, 4.69) is 22.0 Å². The van der Waals surface area contributed by atoms with Crippen LogP contribution in [0.2, 0.25) is 0 Å². The molecule has 1 N–H and O–H groups in total. The van der Waals surface area contributed by atoms with Crippen LogP contribution in [0.5, 0.6) is 0 Å². The van der Waals surface area contributed by atoms with E-state index in [1.165, 1.54) is 6.26 Å². The van der Waals surface area contributed by atoms with Crippen molar-refractivity contribution in [1.82, 2.24) is 4.57 Å². The van der Waals surface area contributed by atoms with Crippen LogP contribution in [0.15, 0.2) is 47.1 Å². The van der Waals surface area contributed by atoms with Crippen molar-refractivity contribution in [1.29, 1.82) is 0 Å². The van der Waals surface area contributed by atoms with Gasteiger partial charge in [-0.2, -0.15) is 0 Å². The van der Waals surface area contributed by atoms with Gasteiger partial charge in [0.15, 0.2) is 5.76 Å². The monoisotopic (exact) mass is 317 g/mol. The topological polar surface area (TPSA) is 51.0 Å². The van der Waals surface area contributed by atoms with E-state index in [1.54, 1.807) is 12.1 Å². The maximum Gasteiger partial charge on any atom is 0.358 e. The van der Waals surface area contributed by atoms with E-state index in [1.807, 2.05) is 16.7 Å². The lowest BCUT2D eigenvalue weighted by molar-refractivity contribution is -0.661. The van der Waals surface area contributed by atoms with E-state index in [0.717, 1.165) is 36.5 Å². The Labute approximate surface area is 133 Å². The molecule has 2 aromatic heterocycles. The van der Waals surface area contributed by atoms with Crippen LogP contribution in [-0.2, 0) is 13.1 Å². The van der Waals surface area contributed by atoms with Crippen molar-refractivity contribution in [2.75, 3.05) is 11.9 Å². The van der Waals surface area contributed by atoms with Gasteiger partial charge in [0.2, 0.25) is 5.78 Å². The van der Waals surface area contributed by atoms with Gasteiger partial charge in [-0.05, 0) is 24.3 Å². The zero-order chi connectivity index (χ0) is 14.2. The number of aryl methyl sites for hydroxylation is 1. The molecule has 1 aliphatic heterocycles. The van der Waals surface area contributed by atoms with E-state index < -0.39 is 0 Å². The molecule has 3 heterocycles. The molecule has 6 heteroatoms. The highest BCUT2D eigenvalue weighted by Crippen LogP contribution is 2.21. The quantitative estimate of drug-likeness (QED) is 0.509. The predicted molar refractivity (Wildman–Crippen MR) is 78.3 cm³/mol. The van der Waals surface area contributed by atoms with Crippen molar-refractivity contribution < 1.29 is 26.2 Å². The molecule has 22 heavy (non-hydrogen) atoms. The van der Waals surface area contributed by atoms with Crippen LogP contribution < -0.4 is 22.3 Å². The van der Waals surface area contributed by atoms with Crippen molar-refractivity contribution in [3.63, 3.8) is 0 Å². The molecule has 0 amide bonds. The summed E-state index contributed by atoms with van der Waals surface area (Å²) in [6.07, 6.45) is 2.63. The maximum absolute atomic E-state index is 12.4. The average molecular weight is 318 g/mol. The number of Topliss-reactive ketones (excluding diaryl/α,β-unsaturated/α-hetero) is 1. The van der Waals surface area contributed by atoms with Gasteiger partial charge in [0.25, 0.3) is 0 Å². The summed E-state index contributed by atoms with van der Waals surface area (Å²) in [7, 11) is 0. The summed E-state index contributed by atoms with van der Waals surface area (Å²) in [6, 6.07) is 11.6. The summed E-state index contributed by atoms with van der Waals surface area (Å²) in [6.45, 7) is 2.19. The van der Waals surface area contributed by atoms with Crippen LogP contribution in [0.4, 0.5) is 5.95 Å². The third kappa shape index (κ3) is 2.27. The molecule has 3 aromatic rings. The van der Waals surface area contributed by atoms with Crippen molar-refractivity contribution >= 4 is 22.8 Å². The molecule has 0 radical (unpaired) electrons. The van der Waals surface area contributed by atoms with E-state index >= 15 is 0 Å². The minimum atomic E-state index is -0.0171. The number of nitrogens with zero attached hydrogens (tertiary/aromatic N) is 2. The Morgan fingerprint density at radius 3 is 2.95 bits per heavy atom. The SMILES string of the molecule is O=C(Cn1c2[n+](c3ccccc31)CCCN2)c1ccco1.[Cl-]. The fraction of sp³-hybridized carbons (Fsp3) is 0.250. The number of anilines is 1. The highest BCUT2D eigenvalue weighted by atomic mass is 35.5. The smallest absolute Gasteiger partial charge is 0.358 e. The van der Waals surface area contributed by atoms with Gasteiger partial charge in [-0.25, -0.2) is 9.13 Å². The van der Waals surface area contributed by atoms with Crippen molar-refractivity contribution in [3.8, 4) is 0 Å². The van der Waals surface area contributed by atoms with E-state index in [9.17, 15) is 4.79 Å². The third-order valence-electron chi connectivity index (χ3n) is 3.91. The van der Waals surface area contributed by atoms with E-state index in [4.69, 9.17) is 4.42 Å². The number of ketones is 1. The minimum Gasteiger partial charge on any atom is -1.00 e. The minimum absolute atomic E-state index is 0. The largest absolute Gasteiger partial charge is 1.00 e. The number of halogens is 1. The Morgan fingerprint density at radius 2 is 2.14 bits per heavy atom. The van der Waals surface area contributed by atoms with E-state index in [0.29, 0.717) is 5.76 Å². The number of benzene rings is 1. The molecule has 1 aromatic carbocycles. The lowest BCUT2D eigenvalue weighted by Crippen LogP contribution is -3.00. The molecule has 0 atom stereocenters. The Hall–Kier alpha value is -2.27. The molecule has 0 aliphatic carbocycles. The predicted octanol–water partition coefficient (Wildman–Crippen LogP) is -0.776. The van der Waals surface area contributed by atoms with Gasteiger partial charge in [-0.3, -0.25) is 10.1 Å². The zero-order valence-corrected chi connectivity index (χ0v) is 12.7. The third-order valence-corrected chi connectivity index (χ3v) is 3.91. The lowest BCUT2D eigenvalue weighted by atomic mass is 10.3.